The van der Waals surface area contributed by atoms with Gasteiger partial charge in [-0.2, -0.15) is 5.10 Å². The Labute approximate surface area is 75.7 Å². The first-order chi connectivity index (χ1) is 6.02. The molecule has 13 heavy (non-hydrogen) atoms. The molecule has 0 fully saturated rings. The lowest BCUT2D eigenvalue weighted by molar-refractivity contribution is 0.373. The minimum atomic E-state index is -0.320. The Morgan fingerprint density at radius 3 is 2.85 bits per heavy atom. The molecule has 72 valence electrons. The number of allylic oxidation sites excluding steroid dienone is 1. The fourth-order valence-corrected chi connectivity index (χ4v) is 1.11. The zero-order chi connectivity index (χ0) is 10.0. The van der Waals surface area contributed by atoms with Crippen LogP contribution in [0.25, 0.3) is 0 Å². The molecular weight excluding hydrogens is 170 g/mol. The maximum atomic E-state index is 11.2. The van der Waals surface area contributed by atoms with Crippen molar-refractivity contribution in [3.63, 3.8) is 0 Å². The minimum absolute atomic E-state index is 0.0506. The number of H-pyrrole nitrogens is 1. The summed E-state index contributed by atoms with van der Waals surface area (Å²) in [5.74, 6) is 0.712. The molecule has 0 saturated heterocycles. The highest BCUT2D eigenvalue weighted by Crippen LogP contribution is 2.08. The van der Waals surface area contributed by atoms with E-state index in [2.05, 4.69) is 16.8 Å². The van der Waals surface area contributed by atoms with Crippen LogP contribution in [0.1, 0.15) is 25.6 Å². The van der Waals surface area contributed by atoms with E-state index in [1.165, 1.54) is 4.57 Å². The van der Waals surface area contributed by atoms with E-state index in [9.17, 15) is 4.79 Å². The van der Waals surface area contributed by atoms with Crippen molar-refractivity contribution in [3.05, 3.63) is 28.6 Å². The number of hydrogen-bond acceptors (Lipinski definition) is 3. The van der Waals surface area contributed by atoms with Gasteiger partial charge in [-0.3, -0.25) is 4.57 Å². The predicted octanol–water partition coefficient (Wildman–Crippen LogP) is 0.766. The van der Waals surface area contributed by atoms with Crippen LogP contribution >= 0.6 is 0 Å². The lowest BCUT2D eigenvalue weighted by atomic mass is 10.2. The smallest absolute Gasteiger partial charge is 0.343 e. The number of aromatic nitrogens is 3. The van der Waals surface area contributed by atoms with Crippen LogP contribution in [0, 0.1) is 0 Å². The van der Waals surface area contributed by atoms with Gasteiger partial charge in [0.2, 0.25) is 0 Å². The average Bonchev–Trinajstić information content (AvgIpc) is 2.32. The number of rotatable bonds is 3. The number of aliphatic hydroxyl groups excluding tert-OH is 1. The fraction of sp³-hybridized carbons (Fsp3) is 0.500. The molecular formula is C8H13N3O2. The number of nitrogens with zero attached hydrogens (tertiary/aromatic N) is 2. The van der Waals surface area contributed by atoms with Crippen molar-refractivity contribution in [1.29, 1.82) is 0 Å². The van der Waals surface area contributed by atoms with Crippen molar-refractivity contribution >= 4 is 0 Å². The molecule has 5 heteroatoms. The highest BCUT2D eigenvalue weighted by molar-refractivity contribution is 4.96. The van der Waals surface area contributed by atoms with Crippen LogP contribution in [0.4, 0.5) is 0 Å². The van der Waals surface area contributed by atoms with Gasteiger partial charge < -0.3 is 5.11 Å². The van der Waals surface area contributed by atoms with Gasteiger partial charge in [-0.1, -0.05) is 20.4 Å². The van der Waals surface area contributed by atoms with Gasteiger partial charge in [0.15, 0.2) is 0 Å². The lowest BCUT2D eigenvalue weighted by Crippen LogP contribution is -2.20. The molecule has 0 aliphatic heterocycles. The van der Waals surface area contributed by atoms with Gasteiger partial charge in [0.1, 0.15) is 11.6 Å². The van der Waals surface area contributed by atoms with Gasteiger partial charge in [0.25, 0.3) is 0 Å². The van der Waals surface area contributed by atoms with Gasteiger partial charge in [-0.05, 0) is 0 Å². The standard InChI is InChI=1S/C8H13N3O2/c1-5(2)7-9-10-8(13)11(7)4-6(3)12/h5,12H,3-4H2,1-2H3,(H,10,13). The van der Waals surface area contributed by atoms with Gasteiger partial charge in [0.05, 0.1) is 6.54 Å². The molecule has 0 unspecified atom stereocenters. The summed E-state index contributed by atoms with van der Waals surface area (Å²) in [7, 11) is 0. The maximum Gasteiger partial charge on any atom is 0.343 e. The van der Waals surface area contributed by atoms with Gasteiger partial charge in [-0.25, -0.2) is 9.89 Å². The third-order valence-electron chi connectivity index (χ3n) is 1.64. The van der Waals surface area contributed by atoms with Crippen LogP contribution in [0.3, 0.4) is 0 Å². The van der Waals surface area contributed by atoms with Gasteiger partial charge in [0, 0.05) is 5.92 Å². The summed E-state index contributed by atoms with van der Waals surface area (Å²) in [5.41, 5.74) is -0.320. The topological polar surface area (TPSA) is 70.9 Å². The van der Waals surface area contributed by atoms with E-state index in [1.54, 1.807) is 0 Å². The molecule has 1 heterocycles. The van der Waals surface area contributed by atoms with E-state index >= 15 is 0 Å². The Balaban J connectivity index is 3.09. The zero-order valence-electron chi connectivity index (χ0n) is 7.74. The van der Waals surface area contributed by atoms with E-state index in [0.29, 0.717) is 5.82 Å². The molecule has 1 aromatic rings. The second-order valence-electron chi connectivity index (χ2n) is 3.19. The molecule has 0 aliphatic carbocycles. The minimum Gasteiger partial charge on any atom is -0.511 e. The van der Waals surface area contributed by atoms with Crippen molar-refractivity contribution in [2.45, 2.75) is 26.3 Å². The fourth-order valence-electron chi connectivity index (χ4n) is 1.11. The quantitative estimate of drug-likeness (QED) is 0.680. The number of aromatic amines is 1. The monoisotopic (exact) mass is 183 g/mol. The molecule has 1 rings (SSSR count). The average molecular weight is 183 g/mol. The van der Waals surface area contributed by atoms with Gasteiger partial charge >= 0.3 is 5.69 Å². The van der Waals surface area contributed by atoms with E-state index in [1.807, 2.05) is 13.8 Å². The molecule has 0 bridgehead atoms. The first-order valence-corrected chi connectivity index (χ1v) is 4.04. The zero-order valence-corrected chi connectivity index (χ0v) is 7.74. The second kappa shape index (κ2) is 3.47. The third kappa shape index (κ3) is 1.99. The SMILES string of the molecule is C=C(O)Cn1c(C(C)C)n[nH]c1=O. The molecule has 0 aliphatic rings. The molecule has 0 saturated carbocycles. The van der Waals surface area contributed by atoms with Crippen molar-refractivity contribution in [3.8, 4) is 0 Å². The van der Waals surface area contributed by atoms with E-state index in [-0.39, 0.29) is 23.9 Å². The molecule has 0 atom stereocenters. The van der Waals surface area contributed by atoms with Crippen LogP contribution < -0.4 is 5.69 Å². The maximum absolute atomic E-state index is 11.2. The van der Waals surface area contributed by atoms with Crippen LogP contribution in [0.15, 0.2) is 17.1 Å². The largest absolute Gasteiger partial charge is 0.511 e. The van der Waals surface area contributed by atoms with Crippen molar-refractivity contribution < 1.29 is 5.11 Å². The molecule has 0 radical (unpaired) electrons. The Kier molecular flexibility index (Phi) is 2.55. The number of hydrogen-bond donors (Lipinski definition) is 2. The first kappa shape index (κ1) is 9.57. The summed E-state index contributed by atoms with van der Waals surface area (Å²) in [4.78, 5) is 11.2. The van der Waals surface area contributed by atoms with Crippen molar-refractivity contribution in [2.24, 2.45) is 0 Å². The Hall–Kier alpha value is -1.52. The summed E-state index contributed by atoms with van der Waals surface area (Å²) < 4.78 is 1.37. The molecule has 1 aromatic heterocycles. The van der Waals surface area contributed by atoms with Crippen LogP contribution in [0.5, 0.6) is 0 Å². The first-order valence-electron chi connectivity index (χ1n) is 4.04. The highest BCUT2D eigenvalue weighted by atomic mass is 16.3. The Morgan fingerprint density at radius 1 is 1.77 bits per heavy atom. The predicted molar refractivity (Wildman–Crippen MR) is 48.7 cm³/mol. The molecule has 0 aromatic carbocycles. The number of aliphatic hydroxyl groups is 1. The number of nitrogens with one attached hydrogen (secondary N) is 1. The summed E-state index contributed by atoms with van der Waals surface area (Å²) in [6, 6.07) is 0. The second-order valence-corrected chi connectivity index (χ2v) is 3.19. The van der Waals surface area contributed by atoms with Crippen molar-refractivity contribution in [2.75, 3.05) is 0 Å². The molecule has 0 amide bonds. The lowest BCUT2D eigenvalue weighted by Gasteiger charge is -2.06. The third-order valence-corrected chi connectivity index (χ3v) is 1.64. The van der Waals surface area contributed by atoms with Crippen LogP contribution in [-0.4, -0.2) is 19.9 Å². The van der Waals surface area contributed by atoms with Crippen LogP contribution in [0.2, 0.25) is 0 Å². The van der Waals surface area contributed by atoms with E-state index in [4.69, 9.17) is 5.11 Å². The van der Waals surface area contributed by atoms with Crippen LogP contribution in [-0.2, 0) is 6.54 Å². The Bertz CT molecular complexity index is 362. The summed E-state index contributed by atoms with van der Waals surface area (Å²) in [5, 5.41) is 15.1. The van der Waals surface area contributed by atoms with Gasteiger partial charge in [-0.15, -0.1) is 0 Å². The summed E-state index contributed by atoms with van der Waals surface area (Å²) in [6.07, 6.45) is 0. The summed E-state index contributed by atoms with van der Waals surface area (Å²) >= 11 is 0. The molecule has 0 spiro atoms. The van der Waals surface area contributed by atoms with E-state index in [0.717, 1.165) is 0 Å². The van der Waals surface area contributed by atoms with E-state index < -0.39 is 0 Å². The Morgan fingerprint density at radius 2 is 2.38 bits per heavy atom. The molecule has 5 nitrogen and oxygen atoms in total. The molecule has 2 N–H and O–H groups in total. The summed E-state index contributed by atoms with van der Waals surface area (Å²) in [6.45, 7) is 7.27. The van der Waals surface area contributed by atoms with Crippen molar-refractivity contribution in [1.82, 2.24) is 14.8 Å². The normalized spacial score (nSPS) is 10.7. The highest BCUT2D eigenvalue weighted by Gasteiger charge is 2.11.